The topological polar surface area (TPSA) is 118 Å². The van der Waals surface area contributed by atoms with Gasteiger partial charge in [0.05, 0.1) is 36.2 Å². The molecule has 222 valence electrons. The van der Waals surface area contributed by atoms with Gasteiger partial charge in [-0.15, -0.1) is 0 Å². The van der Waals surface area contributed by atoms with Crippen molar-refractivity contribution in [2.45, 2.75) is 77.0 Å². The predicted molar refractivity (Wildman–Crippen MR) is 162 cm³/mol. The molecule has 3 aliphatic heterocycles. The van der Waals surface area contributed by atoms with E-state index in [2.05, 4.69) is 55.1 Å². The number of rotatable bonds is 8. The highest BCUT2D eigenvalue weighted by molar-refractivity contribution is 5.89. The van der Waals surface area contributed by atoms with Crippen LogP contribution < -0.4 is 20.4 Å². The molecule has 11 nitrogen and oxygen atoms in total. The van der Waals surface area contributed by atoms with E-state index < -0.39 is 0 Å². The SMILES string of the molecule is CCNC[C@H](C)c1ccc(Nc2ncc3c(n2)N(c2cccc(N4C(=O)OC[C@@H]4C)n2)[C@@H]2CC(C)(C)OC[C@]32C)cn1. The Bertz CT molecular complexity index is 1460. The summed E-state index contributed by atoms with van der Waals surface area (Å²) in [5.41, 5.74) is 2.20. The fraction of sp³-hybridized carbons (Fsp3) is 0.516. The molecule has 0 spiro atoms. The van der Waals surface area contributed by atoms with Crippen LogP contribution in [0.3, 0.4) is 0 Å². The molecule has 11 heteroatoms. The lowest BCUT2D eigenvalue weighted by Gasteiger charge is -2.46. The zero-order valence-electron chi connectivity index (χ0n) is 25.2. The average Bonchev–Trinajstić information content (AvgIpc) is 3.43. The van der Waals surface area contributed by atoms with E-state index in [1.54, 1.807) is 4.90 Å². The van der Waals surface area contributed by atoms with E-state index in [0.717, 1.165) is 48.1 Å². The number of fused-ring (bicyclic) bond motifs is 3. The molecule has 0 aliphatic carbocycles. The number of amides is 1. The van der Waals surface area contributed by atoms with Gasteiger partial charge in [0.15, 0.2) is 0 Å². The smallest absolute Gasteiger partial charge is 0.415 e. The van der Waals surface area contributed by atoms with Crippen LogP contribution in [0.2, 0.25) is 0 Å². The van der Waals surface area contributed by atoms with Crippen LogP contribution in [0.15, 0.2) is 42.7 Å². The number of hydrogen-bond donors (Lipinski definition) is 2. The van der Waals surface area contributed by atoms with E-state index in [4.69, 9.17) is 24.4 Å². The Balaban J connectivity index is 1.35. The van der Waals surface area contributed by atoms with Crippen molar-refractivity contribution in [3.63, 3.8) is 0 Å². The number of ether oxygens (including phenoxy) is 2. The second-order valence-electron chi connectivity index (χ2n) is 12.4. The summed E-state index contributed by atoms with van der Waals surface area (Å²) in [6.07, 6.45) is 4.12. The molecule has 0 unspecified atom stereocenters. The number of carbonyl (C=O) groups is 1. The van der Waals surface area contributed by atoms with Crippen molar-refractivity contribution in [2.24, 2.45) is 0 Å². The van der Waals surface area contributed by atoms with Crippen LogP contribution in [0.25, 0.3) is 0 Å². The maximum Gasteiger partial charge on any atom is 0.415 e. The molecular formula is C31H40N8O3. The van der Waals surface area contributed by atoms with Gasteiger partial charge in [-0.1, -0.05) is 26.8 Å². The van der Waals surface area contributed by atoms with Crippen LogP contribution in [-0.2, 0) is 14.9 Å². The average molecular weight is 573 g/mol. The first-order chi connectivity index (χ1) is 20.1. The Kier molecular flexibility index (Phi) is 7.26. The monoisotopic (exact) mass is 572 g/mol. The lowest BCUT2D eigenvalue weighted by Crippen LogP contribution is -2.54. The van der Waals surface area contributed by atoms with Gasteiger partial charge in [0.25, 0.3) is 0 Å². The minimum absolute atomic E-state index is 0.0330. The number of nitrogens with zero attached hydrogens (tertiary/aromatic N) is 6. The molecule has 6 rings (SSSR count). The molecule has 0 aromatic carbocycles. The van der Waals surface area contributed by atoms with Gasteiger partial charge in [-0.25, -0.2) is 14.8 Å². The van der Waals surface area contributed by atoms with E-state index in [0.29, 0.717) is 30.9 Å². The Hall–Kier alpha value is -3.83. The first-order valence-corrected chi connectivity index (χ1v) is 14.8. The quantitative estimate of drug-likeness (QED) is 0.380. The first-order valence-electron chi connectivity index (χ1n) is 14.8. The second kappa shape index (κ2) is 10.8. The lowest BCUT2D eigenvalue weighted by molar-refractivity contribution is -0.0893. The van der Waals surface area contributed by atoms with Crippen LogP contribution in [0.5, 0.6) is 0 Å². The third-order valence-electron chi connectivity index (χ3n) is 8.65. The van der Waals surface area contributed by atoms with Crippen LogP contribution in [-0.4, -0.2) is 70.0 Å². The number of hydrogen-bond acceptors (Lipinski definition) is 10. The van der Waals surface area contributed by atoms with Crippen LogP contribution in [0.1, 0.15) is 65.1 Å². The standard InChI is InChI=1S/C31H40N8O3/c1-7-32-14-19(2)23-12-11-21(15-33-23)35-28-34-16-22-27(37-28)39(24-13-30(4,5)42-18-31(22,24)6)26-10-8-9-25(36-26)38-20(3)17-41-29(38)40/h8-12,15-16,19-20,24,32H,7,13-14,17-18H2,1-6H3,(H,34,35,37)/t19-,20-,24+,31+/m0/s1. The molecule has 2 N–H and O–H groups in total. The van der Waals surface area contributed by atoms with Crippen molar-refractivity contribution in [1.82, 2.24) is 25.3 Å². The number of aromatic nitrogens is 4. The summed E-state index contributed by atoms with van der Waals surface area (Å²) < 4.78 is 11.6. The first kappa shape index (κ1) is 28.3. The molecule has 3 aromatic rings. The van der Waals surface area contributed by atoms with Crippen LogP contribution in [0, 0.1) is 0 Å². The summed E-state index contributed by atoms with van der Waals surface area (Å²) in [6, 6.07) is 9.74. The van der Waals surface area contributed by atoms with Crippen molar-refractivity contribution in [2.75, 3.05) is 41.4 Å². The number of carbonyl (C=O) groups excluding carboxylic acids is 1. The van der Waals surface area contributed by atoms with E-state index >= 15 is 0 Å². The fourth-order valence-electron chi connectivity index (χ4n) is 6.14. The van der Waals surface area contributed by atoms with E-state index in [9.17, 15) is 4.79 Å². The number of cyclic esters (lactones) is 1. The summed E-state index contributed by atoms with van der Waals surface area (Å²) in [6.45, 7) is 15.4. The molecule has 3 aromatic heterocycles. The van der Waals surface area contributed by atoms with E-state index in [1.165, 1.54) is 0 Å². The Morgan fingerprint density at radius 2 is 1.86 bits per heavy atom. The highest BCUT2D eigenvalue weighted by Crippen LogP contribution is 2.53. The third kappa shape index (κ3) is 5.05. The van der Waals surface area contributed by atoms with E-state index in [1.807, 2.05) is 49.6 Å². The number of nitrogens with one attached hydrogen (secondary N) is 2. The molecule has 3 aliphatic rings. The predicted octanol–water partition coefficient (Wildman–Crippen LogP) is 5.05. The minimum Gasteiger partial charge on any atom is -0.447 e. The molecule has 0 saturated carbocycles. The zero-order valence-corrected chi connectivity index (χ0v) is 25.2. The lowest BCUT2D eigenvalue weighted by atomic mass is 9.73. The number of pyridine rings is 2. The Morgan fingerprint density at radius 3 is 2.55 bits per heavy atom. The Morgan fingerprint density at radius 1 is 1.07 bits per heavy atom. The van der Waals surface area contributed by atoms with Crippen molar-refractivity contribution in [3.8, 4) is 0 Å². The highest BCUT2D eigenvalue weighted by Gasteiger charge is 2.55. The Labute approximate surface area is 247 Å². The normalized spacial score (nSPS) is 25.1. The molecule has 0 radical (unpaired) electrons. The van der Waals surface area contributed by atoms with Crippen molar-refractivity contribution >= 4 is 35.2 Å². The highest BCUT2D eigenvalue weighted by atomic mass is 16.6. The van der Waals surface area contributed by atoms with Gasteiger partial charge in [-0.2, -0.15) is 4.98 Å². The molecule has 0 bridgehead atoms. The molecule has 4 atom stereocenters. The number of likely N-dealkylation sites (N-methyl/N-ethyl adjacent to an activating group) is 1. The summed E-state index contributed by atoms with van der Waals surface area (Å²) >= 11 is 0. The summed E-state index contributed by atoms with van der Waals surface area (Å²) in [4.78, 5) is 35.7. The largest absolute Gasteiger partial charge is 0.447 e. The maximum absolute atomic E-state index is 12.5. The van der Waals surface area contributed by atoms with Crippen molar-refractivity contribution in [1.29, 1.82) is 0 Å². The van der Waals surface area contributed by atoms with Gasteiger partial charge in [-0.05, 0) is 58.0 Å². The van der Waals surface area contributed by atoms with Gasteiger partial charge < -0.3 is 25.0 Å². The molecule has 2 fully saturated rings. The van der Waals surface area contributed by atoms with Gasteiger partial charge >= 0.3 is 6.09 Å². The second-order valence-corrected chi connectivity index (χ2v) is 12.4. The van der Waals surface area contributed by atoms with Crippen LogP contribution >= 0.6 is 0 Å². The maximum atomic E-state index is 12.5. The minimum atomic E-state index is -0.379. The fourth-order valence-corrected chi connectivity index (χ4v) is 6.14. The zero-order chi connectivity index (χ0) is 29.6. The molecular weight excluding hydrogens is 532 g/mol. The molecule has 2 saturated heterocycles. The van der Waals surface area contributed by atoms with Gasteiger partial charge in [-0.3, -0.25) is 9.88 Å². The summed E-state index contributed by atoms with van der Waals surface area (Å²) in [5.74, 6) is 2.85. The van der Waals surface area contributed by atoms with Gasteiger partial charge in [0.1, 0.15) is 24.1 Å². The van der Waals surface area contributed by atoms with Gasteiger partial charge in [0.2, 0.25) is 5.95 Å². The van der Waals surface area contributed by atoms with Crippen LogP contribution in [0.4, 0.5) is 33.9 Å². The summed E-state index contributed by atoms with van der Waals surface area (Å²) in [7, 11) is 0. The number of anilines is 5. The van der Waals surface area contributed by atoms with Gasteiger partial charge in [0, 0.05) is 35.3 Å². The van der Waals surface area contributed by atoms with Crippen molar-refractivity contribution < 1.29 is 14.3 Å². The van der Waals surface area contributed by atoms with Crippen molar-refractivity contribution in [3.05, 3.63) is 54.0 Å². The molecule has 42 heavy (non-hydrogen) atoms. The molecule has 1 amide bonds. The van der Waals surface area contributed by atoms with E-state index in [-0.39, 0.29) is 29.2 Å². The molecule has 6 heterocycles. The summed E-state index contributed by atoms with van der Waals surface area (Å²) in [5, 5.41) is 6.72. The third-order valence-corrected chi connectivity index (χ3v) is 8.65.